The Hall–Kier alpha value is -1.26. The largest absolute Gasteiger partial charge is 0.345 e. The number of rotatable bonds is 4. The van der Waals surface area contributed by atoms with E-state index in [2.05, 4.69) is 15.9 Å². The normalized spacial score (nSPS) is 14.2. The quantitative estimate of drug-likeness (QED) is 0.793. The molecular weight excluding hydrogens is 352 g/mol. The predicted molar refractivity (Wildman–Crippen MR) is 87.5 cm³/mol. The molecule has 1 aromatic carbocycles. The van der Waals surface area contributed by atoms with Crippen molar-refractivity contribution >= 4 is 33.4 Å². The Morgan fingerprint density at radius 1 is 1.38 bits per heavy atom. The first-order valence-electron chi connectivity index (χ1n) is 6.92. The molecule has 0 unspecified atom stereocenters. The maximum atomic E-state index is 12.8. The number of aryl methyl sites for hydroxylation is 1. The van der Waals surface area contributed by atoms with E-state index >= 15 is 0 Å². The van der Waals surface area contributed by atoms with Crippen LogP contribution in [-0.2, 0) is 13.6 Å². The molecule has 1 aromatic heterocycles. The molecule has 1 fully saturated rings. The molecule has 1 aliphatic rings. The lowest BCUT2D eigenvalue weighted by molar-refractivity contribution is 0.0720. The van der Waals surface area contributed by atoms with E-state index in [9.17, 15) is 4.79 Å². The number of carbonyl (C=O) groups excluding carboxylic acids is 1. The zero-order valence-corrected chi connectivity index (χ0v) is 14.1. The summed E-state index contributed by atoms with van der Waals surface area (Å²) in [4.78, 5) is 14.8. The zero-order valence-electron chi connectivity index (χ0n) is 11.7. The molecule has 1 amide bonds. The van der Waals surface area contributed by atoms with Gasteiger partial charge in [0, 0.05) is 35.3 Å². The molecule has 1 saturated carbocycles. The highest BCUT2D eigenvalue weighted by molar-refractivity contribution is 9.10. The Bertz CT molecular complexity index is 661. The molecule has 21 heavy (non-hydrogen) atoms. The molecule has 3 rings (SSSR count). The number of aromatic nitrogens is 1. The average Bonchev–Trinajstić information content (AvgIpc) is 3.22. The summed E-state index contributed by atoms with van der Waals surface area (Å²) in [5, 5.41) is 0.717. The van der Waals surface area contributed by atoms with Crippen molar-refractivity contribution in [3.05, 3.63) is 57.3 Å². The highest BCUT2D eigenvalue weighted by Crippen LogP contribution is 2.30. The van der Waals surface area contributed by atoms with Gasteiger partial charge in [0.2, 0.25) is 0 Å². The molecule has 0 aliphatic heterocycles. The summed E-state index contributed by atoms with van der Waals surface area (Å²) in [6.07, 6.45) is 4.08. The van der Waals surface area contributed by atoms with Gasteiger partial charge in [-0.3, -0.25) is 4.79 Å². The fourth-order valence-corrected chi connectivity index (χ4v) is 3.07. The van der Waals surface area contributed by atoms with Gasteiger partial charge in [-0.15, -0.1) is 0 Å². The first kappa shape index (κ1) is 14.7. The Morgan fingerprint density at radius 2 is 2.05 bits per heavy atom. The van der Waals surface area contributed by atoms with Crippen molar-refractivity contribution in [2.45, 2.75) is 25.4 Å². The minimum atomic E-state index is 0.0839. The van der Waals surface area contributed by atoms with Gasteiger partial charge in [0.15, 0.2) is 0 Å². The zero-order chi connectivity index (χ0) is 15.0. The van der Waals surface area contributed by atoms with Crippen molar-refractivity contribution in [1.29, 1.82) is 0 Å². The number of hydrogen-bond donors (Lipinski definition) is 0. The van der Waals surface area contributed by atoms with Crippen molar-refractivity contribution in [1.82, 2.24) is 9.47 Å². The maximum Gasteiger partial charge on any atom is 0.271 e. The summed E-state index contributed by atoms with van der Waals surface area (Å²) in [7, 11) is 1.89. The Balaban J connectivity index is 1.83. The van der Waals surface area contributed by atoms with Crippen LogP contribution in [0.25, 0.3) is 0 Å². The van der Waals surface area contributed by atoms with Crippen LogP contribution < -0.4 is 0 Å². The molecule has 1 heterocycles. The lowest BCUT2D eigenvalue weighted by Gasteiger charge is -2.23. The molecule has 0 bridgehead atoms. The van der Waals surface area contributed by atoms with Crippen LogP contribution in [0, 0.1) is 0 Å². The first-order chi connectivity index (χ1) is 10.0. The van der Waals surface area contributed by atoms with Crippen LogP contribution in [0.1, 0.15) is 28.9 Å². The van der Waals surface area contributed by atoms with Crippen molar-refractivity contribution < 1.29 is 4.79 Å². The Labute approximate surface area is 137 Å². The monoisotopic (exact) mass is 366 g/mol. The van der Waals surface area contributed by atoms with Crippen molar-refractivity contribution in [3.63, 3.8) is 0 Å². The Morgan fingerprint density at radius 3 is 2.57 bits per heavy atom. The van der Waals surface area contributed by atoms with Crippen molar-refractivity contribution in [2.24, 2.45) is 7.05 Å². The van der Waals surface area contributed by atoms with Crippen LogP contribution in [-0.4, -0.2) is 21.4 Å². The number of halogens is 2. The van der Waals surface area contributed by atoms with Gasteiger partial charge in [-0.1, -0.05) is 23.7 Å². The van der Waals surface area contributed by atoms with Crippen molar-refractivity contribution in [2.75, 3.05) is 0 Å². The van der Waals surface area contributed by atoms with E-state index < -0.39 is 0 Å². The van der Waals surface area contributed by atoms with Crippen LogP contribution in [0.5, 0.6) is 0 Å². The summed E-state index contributed by atoms with van der Waals surface area (Å²) < 4.78 is 2.79. The molecule has 0 saturated heterocycles. The fourth-order valence-electron chi connectivity index (χ4n) is 2.42. The molecule has 0 radical (unpaired) electrons. The van der Waals surface area contributed by atoms with Gasteiger partial charge in [-0.05, 0) is 52.5 Å². The number of amides is 1. The summed E-state index contributed by atoms with van der Waals surface area (Å²) in [6.45, 7) is 0.628. The molecule has 0 N–H and O–H groups in total. The third-order valence-electron chi connectivity index (χ3n) is 3.71. The Kier molecular flexibility index (Phi) is 4.09. The van der Waals surface area contributed by atoms with E-state index in [4.69, 9.17) is 11.6 Å². The van der Waals surface area contributed by atoms with Crippen LogP contribution in [0.15, 0.2) is 41.0 Å². The molecular formula is C16H16BrClN2O. The highest BCUT2D eigenvalue weighted by atomic mass is 79.9. The van der Waals surface area contributed by atoms with E-state index in [0.717, 1.165) is 27.9 Å². The van der Waals surface area contributed by atoms with Gasteiger partial charge in [0.05, 0.1) is 0 Å². The number of hydrogen-bond acceptors (Lipinski definition) is 1. The van der Waals surface area contributed by atoms with Gasteiger partial charge < -0.3 is 9.47 Å². The number of nitrogens with zero attached hydrogens (tertiary/aromatic N) is 2. The first-order valence-corrected chi connectivity index (χ1v) is 8.09. The van der Waals surface area contributed by atoms with Crippen LogP contribution >= 0.6 is 27.5 Å². The minimum absolute atomic E-state index is 0.0839. The van der Waals surface area contributed by atoms with Gasteiger partial charge in [0.1, 0.15) is 5.69 Å². The standard InChI is InChI=1S/C16H16BrClN2O/c1-19-10-12(17)8-15(19)16(21)20(14-6-7-14)9-11-2-4-13(18)5-3-11/h2-5,8,10,14H,6-7,9H2,1H3. The second kappa shape index (κ2) is 5.85. The number of carbonyl (C=O) groups is 1. The summed E-state index contributed by atoms with van der Waals surface area (Å²) >= 11 is 9.34. The van der Waals surface area contributed by atoms with E-state index in [-0.39, 0.29) is 5.91 Å². The second-order valence-corrected chi connectivity index (χ2v) is 6.80. The number of benzene rings is 1. The maximum absolute atomic E-state index is 12.8. The molecule has 110 valence electrons. The average molecular weight is 368 g/mol. The highest BCUT2D eigenvalue weighted by Gasteiger charge is 2.34. The van der Waals surface area contributed by atoms with E-state index in [1.165, 1.54) is 0 Å². The third-order valence-corrected chi connectivity index (χ3v) is 4.39. The molecule has 2 aromatic rings. The summed E-state index contributed by atoms with van der Waals surface area (Å²) in [5.74, 6) is 0.0839. The van der Waals surface area contributed by atoms with Crippen molar-refractivity contribution in [3.8, 4) is 0 Å². The lowest BCUT2D eigenvalue weighted by Crippen LogP contribution is -2.33. The second-order valence-electron chi connectivity index (χ2n) is 5.45. The van der Waals surface area contributed by atoms with Crippen LogP contribution in [0.2, 0.25) is 5.02 Å². The van der Waals surface area contributed by atoms with E-state index in [1.54, 1.807) is 0 Å². The third kappa shape index (κ3) is 3.33. The molecule has 5 heteroatoms. The van der Waals surface area contributed by atoms with Crippen LogP contribution in [0.3, 0.4) is 0 Å². The van der Waals surface area contributed by atoms with Gasteiger partial charge in [-0.25, -0.2) is 0 Å². The topological polar surface area (TPSA) is 25.2 Å². The molecule has 1 aliphatic carbocycles. The van der Waals surface area contributed by atoms with Crippen LogP contribution in [0.4, 0.5) is 0 Å². The summed E-state index contributed by atoms with van der Waals surface area (Å²) in [6, 6.07) is 9.93. The van der Waals surface area contributed by atoms with Gasteiger partial charge >= 0.3 is 0 Å². The smallest absolute Gasteiger partial charge is 0.271 e. The van der Waals surface area contributed by atoms with Gasteiger partial charge in [-0.2, -0.15) is 0 Å². The fraction of sp³-hybridized carbons (Fsp3) is 0.312. The SMILES string of the molecule is Cn1cc(Br)cc1C(=O)N(Cc1ccc(Cl)cc1)C1CC1. The van der Waals surface area contributed by atoms with E-state index in [0.29, 0.717) is 18.3 Å². The van der Waals surface area contributed by atoms with E-state index in [1.807, 2.05) is 53.0 Å². The minimum Gasteiger partial charge on any atom is -0.345 e. The molecule has 0 atom stereocenters. The van der Waals surface area contributed by atoms with Gasteiger partial charge in [0.25, 0.3) is 5.91 Å². The molecule has 3 nitrogen and oxygen atoms in total. The molecule has 0 spiro atoms. The predicted octanol–water partition coefficient (Wildman–Crippen LogP) is 4.25. The lowest BCUT2D eigenvalue weighted by atomic mass is 10.2. The summed E-state index contributed by atoms with van der Waals surface area (Å²) in [5.41, 5.74) is 1.82.